The number of rotatable bonds is 4. The van der Waals surface area contributed by atoms with Crippen LogP contribution < -0.4 is 0 Å². The summed E-state index contributed by atoms with van der Waals surface area (Å²) in [5.74, 6) is -0.288. The third kappa shape index (κ3) is 2.91. The summed E-state index contributed by atoms with van der Waals surface area (Å²) in [5.41, 5.74) is 3.42. The molecule has 0 amide bonds. The molecule has 1 saturated heterocycles. The van der Waals surface area contributed by atoms with Crippen molar-refractivity contribution in [2.75, 3.05) is 6.61 Å². The Hall–Kier alpha value is -3.12. The van der Waals surface area contributed by atoms with Gasteiger partial charge >= 0.3 is 5.97 Å². The van der Waals surface area contributed by atoms with Crippen LogP contribution in [0, 0.1) is 0 Å². The molecule has 5 rings (SSSR count). The van der Waals surface area contributed by atoms with Crippen LogP contribution in [-0.4, -0.2) is 27.5 Å². The van der Waals surface area contributed by atoms with E-state index in [-0.39, 0.29) is 6.23 Å². The van der Waals surface area contributed by atoms with Crippen molar-refractivity contribution < 1.29 is 19.1 Å². The molecule has 0 saturated carbocycles. The highest BCUT2D eigenvalue weighted by Gasteiger charge is 2.26. The van der Waals surface area contributed by atoms with E-state index in [1.807, 2.05) is 48.0 Å². The third-order valence-corrected chi connectivity index (χ3v) is 5.65. The summed E-state index contributed by atoms with van der Waals surface area (Å²) in [6.07, 6.45) is 3.46. The number of carboxylic acid groups (broad SMARTS) is 1. The number of aromatic nitrogens is 2. The number of carboxylic acids is 1. The predicted molar refractivity (Wildman–Crippen MR) is 110 cm³/mol. The molecule has 6 nitrogen and oxygen atoms in total. The van der Waals surface area contributed by atoms with E-state index in [9.17, 15) is 9.90 Å². The topological polar surface area (TPSA) is 77.5 Å². The Labute approximate surface area is 167 Å². The van der Waals surface area contributed by atoms with E-state index in [1.54, 1.807) is 6.07 Å². The van der Waals surface area contributed by atoms with Gasteiger partial charge in [-0.25, -0.2) is 9.48 Å². The molecule has 1 atom stereocenters. The second-order valence-corrected chi connectivity index (χ2v) is 7.41. The zero-order valence-corrected chi connectivity index (χ0v) is 16.2. The molecule has 0 bridgehead atoms. The largest absolute Gasteiger partial charge is 0.478 e. The van der Waals surface area contributed by atoms with E-state index < -0.39 is 5.97 Å². The number of furan rings is 1. The molecule has 2 aromatic carbocycles. The van der Waals surface area contributed by atoms with Crippen molar-refractivity contribution in [1.82, 2.24) is 9.78 Å². The van der Waals surface area contributed by atoms with Crippen LogP contribution in [0.3, 0.4) is 0 Å². The predicted octanol–water partition coefficient (Wildman–Crippen LogP) is 5.41. The highest BCUT2D eigenvalue weighted by Crippen LogP contribution is 2.38. The van der Waals surface area contributed by atoms with Gasteiger partial charge in [-0.1, -0.05) is 25.1 Å². The summed E-state index contributed by atoms with van der Waals surface area (Å²) in [5, 5.41) is 16.4. The molecule has 1 aliphatic heterocycles. The van der Waals surface area contributed by atoms with Crippen LogP contribution >= 0.6 is 0 Å². The van der Waals surface area contributed by atoms with E-state index in [0.29, 0.717) is 30.0 Å². The molecule has 1 fully saturated rings. The normalized spacial score (nSPS) is 17.2. The maximum atomic E-state index is 11.8. The summed E-state index contributed by atoms with van der Waals surface area (Å²) in [4.78, 5) is 11.8. The van der Waals surface area contributed by atoms with E-state index in [2.05, 4.69) is 0 Å². The molecule has 0 radical (unpaired) electrons. The average Bonchev–Trinajstić information content (AvgIpc) is 3.35. The third-order valence-electron chi connectivity index (χ3n) is 5.65. The van der Waals surface area contributed by atoms with Gasteiger partial charge in [0.1, 0.15) is 11.3 Å². The van der Waals surface area contributed by atoms with E-state index in [1.165, 1.54) is 0 Å². The Morgan fingerprint density at radius 2 is 2.10 bits per heavy atom. The molecule has 1 N–H and O–H groups in total. The Morgan fingerprint density at radius 3 is 2.83 bits per heavy atom. The van der Waals surface area contributed by atoms with Gasteiger partial charge in [-0.15, -0.1) is 0 Å². The van der Waals surface area contributed by atoms with Gasteiger partial charge in [-0.2, -0.15) is 5.10 Å². The summed E-state index contributed by atoms with van der Waals surface area (Å²) in [7, 11) is 0. The van der Waals surface area contributed by atoms with Crippen molar-refractivity contribution in [2.45, 2.75) is 38.8 Å². The minimum Gasteiger partial charge on any atom is -0.478 e. The first-order valence-corrected chi connectivity index (χ1v) is 10.1. The van der Waals surface area contributed by atoms with Crippen LogP contribution in [0.1, 0.15) is 48.3 Å². The van der Waals surface area contributed by atoms with Gasteiger partial charge < -0.3 is 14.3 Å². The number of ether oxygens (including phenoxy) is 1. The van der Waals surface area contributed by atoms with Gasteiger partial charge in [0.05, 0.1) is 11.1 Å². The number of aromatic carboxylic acids is 1. The summed E-state index contributed by atoms with van der Waals surface area (Å²) < 4.78 is 14.0. The van der Waals surface area contributed by atoms with Gasteiger partial charge in [-0.05, 0) is 55.5 Å². The molecule has 1 unspecified atom stereocenters. The number of benzene rings is 2. The van der Waals surface area contributed by atoms with Crippen molar-refractivity contribution in [3.05, 3.63) is 53.6 Å². The lowest BCUT2D eigenvalue weighted by Crippen LogP contribution is -2.19. The van der Waals surface area contributed by atoms with E-state index >= 15 is 0 Å². The number of aryl methyl sites for hydroxylation is 1. The Morgan fingerprint density at radius 1 is 1.24 bits per heavy atom. The maximum absolute atomic E-state index is 11.8. The Bertz CT molecular complexity index is 1180. The van der Waals surface area contributed by atoms with Gasteiger partial charge in [-0.3, -0.25) is 0 Å². The fourth-order valence-corrected chi connectivity index (χ4v) is 4.28. The average molecular weight is 390 g/mol. The van der Waals surface area contributed by atoms with Crippen LogP contribution in [-0.2, 0) is 11.2 Å². The minimum absolute atomic E-state index is 0.148. The number of fused-ring (bicyclic) bond motifs is 2. The van der Waals surface area contributed by atoms with Crippen LogP contribution in [0.4, 0.5) is 0 Å². The van der Waals surface area contributed by atoms with Gasteiger partial charge in [0, 0.05) is 17.4 Å². The second-order valence-electron chi connectivity index (χ2n) is 7.41. The molecule has 29 heavy (non-hydrogen) atoms. The zero-order chi connectivity index (χ0) is 20.0. The number of hydrogen-bond acceptors (Lipinski definition) is 4. The number of carbonyl (C=O) groups is 1. The van der Waals surface area contributed by atoms with Crippen LogP contribution in [0.15, 0.2) is 46.9 Å². The van der Waals surface area contributed by atoms with Crippen LogP contribution in [0.2, 0.25) is 0 Å². The molecule has 0 aliphatic carbocycles. The molecule has 3 heterocycles. The summed E-state index contributed by atoms with van der Waals surface area (Å²) >= 11 is 0. The monoisotopic (exact) mass is 390 g/mol. The molecule has 4 aromatic rings. The number of nitrogens with zero attached hydrogens (tertiary/aromatic N) is 2. The first kappa shape index (κ1) is 17.9. The molecule has 148 valence electrons. The molecule has 2 aromatic heterocycles. The molecule has 0 spiro atoms. The first-order valence-electron chi connectivity index (χ1n) is 10.1. The van der Waals surface area contributed by atoms with Crippen molar-refractivity contribution in [2.24, 2.45) is 0 Å². The molecule has 6 heteroatoms. The first-order chi connectivity index (χ1) is 14.2. The van der Waals surface area contributed by atoms with Gasteiger partial charge in [0.2, 0.25) is 0 Å². The zero-order valence-electron chi connectivity index (χ0n) is 16.2. The smallest absolute Gasteiger partial charge is 0.335 e. The lowest BCUT2D eigenvalue weighted by molar-refractivity contribution is -0.0365. The van der Waals surface area contributed by atoms with E-state index in [0.717, 1.165) is 46.7 Å². The molecular formula is C23H22N2O4. The van der Waals surface area contributed by atoms with Crippen molar-refractivity contribution in [1.29, 1.82) is 0 Å². The second kappa shape index (κ2) is 7.04. The molecular weight excluding hydrogens is 368 g/mol. The summed E-state index contributed by atoms with van der Waals surface area (Å²) in [6.45, 7) is 2.68. The fraction of sp³-hybridized carbons (Fsp3) is 0.304. The minimum atomic E-state index is -0.930. The highest BCUT2D eigenvalue weighted by atomic mass is 16.5. The SMILES string of the molecule is CCc1c(C(=O)O)ccc2c1c(-c1cc3ccccc3o1)nn2C1CCCCO1. The van der Waals surface area contributed by atoms with Crippen molar-refractivity contribution >= 4 is 27.8 Å². The number of hydrogen-bond donors (Lipinski definition) is 1. The lowest BCUT2D eigenvalue weighted by atomic mass is 9.98. The van der Waals surface area contributed by atoms with Crippen LogP contribution in [0.5, 0.6) is 0 Å². The maximum Gasteiger partial charge on any atom is 0.335 e. The number of para-hydroxylation sites is 1. The standard InChI is InChI=1S/C23H22N2O4/c1-2-15-16(23(26)27)10-11-17-21(15)22(24-25(17)20-9-5-6-12-28-20)19-13-14-7-3-4-8-18(14)29-19/h3-4,7-8,10-11,13,20H,2,5-6,9,12H2,1H3,(H,26,27). The Kier molecular flexibility index (Phi) is 4.36. The highest BCUT2D eigenvalue weighted by molar-refractivity contribution is 6.03. The van der Waals surface area contributed by atoms with Crippen LogP contribution in [0.25, 0.3) is 33.3 Å². The van der Waals surface area contributed by atoms with E-state index in [4.69, 9.17) is 14.3 Å². The van der Waals surface area contributed by atoms with Gasteiger partial charge in [0.15, 0.2) is 12.0 Å². The van der Waals surface area contributed by atoms with Gasteiger partial charge in [0.25, 0.3) is 0 Å². The van der Waals surface area contributed by atoms with Crippen molar-refractivity contribution in [3.63, 3.8) is 0 Å². The lowest BCUT2D eigenvalue weighted by Gasteiger charge is -2.23. The fourth-order valence-electron chi connectivity index (χ4n) is 4.28. The van der Waals surface area contributed by atoms with Crippen molar-refractivity contribution in [3.8, 4) is 11.5 Å². The molecule has 1 aliphatic rings. The quantitative estimate of drug-likeness (QED) is 0.504. The summed E-state index contributed by atoms with van der Waals surface area (Å²) in [6, 6.07) is 13.3. The Balaban J connectivity index is 1.80.